The summed E-state index contributed by atoms with van der Waals surface area (Å²) in [5.74, 6) is -1.76. The standard InChI is InChI=1S/C19H32N4O5/c1-6-7-8-9-10-16(14(2)24)23(5)19(28)13-22(4)18(27)12-21-17(26)11-20-15(3)25/h6-7,16H,8-13H2,1-5H3,(H,20,25)(H,21,26)/b7-6+. The smallest absolute Gasteiger partial charge is 0.242 e. The molecule has 0 aromatic rings. The lowest BCUT2D eigenvalue weighted by molar-refractivity contribution is -0.142. The average molecular weight is 396 g/mol. The number of rotatable bonds is 12. The van der Waals surface area contributed by atoms with Crippen LogP contribution in [0.5, 0.6) is 0 Å². The summed E-state index contributed by atoms with van der Waals surface area (Å²) in [4.78, 5) is 61.2. The second kappa shape index (κ2) is 13.5. The van der Waals surface area contributed by atoms with Gasteiger partial charge in [0.15, 0.2) is 5.78 Å². The summed E-state index contributed by atoms with van der Waals surface area (Å²) >= 11 is 0. The van der Waals surface area contributed by atoms with E-state index in [1.165, 1.54) is 30.7 Å². The first-order chi connectivity index (χ1) is 13.1. The minimum absolute atomic E-state index is 0.101. The molecule has 1 unspecified atom stereocenters. The average Bonchev–Trinajstić information content (AvgIpc) is 2.63. The monoisotopic (exact) mass is 396 g/mol. The SMILES string of the molecule is C/C=C/CCCC(C(C)=O)N(C)C(=O)CN(C)C(=O)CNC(=O)CNC(C)=O. The molecule has 158 valence electrons. The molecule has 0 aliphatic rings. The van der Waals surface area contributed by atoms with Crippen LogP contribution in [0.2, 0.25) is 0 Å². The fourth-order valence-corrected chi connectivity index (χ4v) is 2.42. The van der Waals surface area contributed by atoms with Gasteiger partial charge in [0.05, 0.1) is 25.7 Å². The topological polar surface area (TPSA) is 116 Å². The highest BCUT2D eigenvalue weighted by Gasteiger charge is 2.25. The lowest BCUT2D eigenvalue weighted by Crippen LogP contribution is -2.48. The van der Waals surface area contributed by atoms with Crippen molar-refractivity contribution in [2.45, 2.75) is 46.1 Å². The number of hydrogen-bond acceptors (Lipinski definition) is 5. The Morgan fingerprint density at radius 3 is 2.14 bits per heavy atom. The molecule has 0 radical (unpaired) electrons. The van der Waals surface area contributed by atoms with E-state index in [1.54, 1.807) is 7.05 Å². The molecule has 9 heteroatoms. The summed E-state index contributed by atoms with van der Waals surface area (Å²) in [5.41, 5.74) is 0. The maximum atomic E-state index is 12.4. The highest BCUT2D eigenvalue weighted by molar-refractivity contribution is 5.91. The summed E-state index contributed by atoms with van der Waals surface area (Å²) in [5, 5.41) is 4.69. The number of amides is 4. The van der Waals surface area contributed by atoms with Crippen LogP contribution in [0.15, 0.2) is 12.2 Å². The van der Waals surface area contributed by atoms with Crippen molar-refractivity contribution in [2.75, 3.05) is 33.7 Å². The number of nitrogens with one attached hydrogen (secondary N) is 2. The Kier molecular flexibility index (Phi) is 12.2. The van der Waals surface area contributed by atoms with Gasteiger partial charge in [-0.3, -0.25) is 24.0 Å². The third kappa shape index (κ3) is 10.4. The van der Waals surface area contributed by atoms with Gasteiger partial charge in [0.1, 0.15) is 0 Å². The number of carbonyl (C=O) groups is 5. The van der Waals surface area contributed by atoms with Crippen molar-refractivity contribution in [2.24, 2.45) is 0 Å². The Morgan fingerprint density at radius 1 is 0.964 bits per heavy atom. The molecule has 0 rings (SSSR count). The molecule has 0 aliphatic carbocycles. The molecule has 0 heterocycles. The van der Waals surface area contributed by atoms with E-state index in [4.69, 9.17) is 0 Å². The lowest BCUT2D eigenvalue weighted by atomic mass is 10.0. The van der Waals surface area contributed by atoms with E-state index in [0.29, 0.717) is 6.42 Å². The molecule has 0 fully saturated rings. The van der Waals surface area contributed by atoms with Gasteiger partial charge in [-0.05, 0) is 33.1 Å². The lowest BCUT2D eigenvalue weighted by Gasteiger charge is -2.28. The highest BCUT2D eigenvalue weighted by Crippen LogP contribution is 2.10. The molecular weight excluding hydrogens is 364 g/mol. The predicted molar refractivity (Wildman–Crippen MR) is 105 cm³/mol. The van der Waals surface area contributed by atoms with E-state index in [1.807, 2.05) is 19.1 Å². The molecule has 0 aliphatic heterocycles. The van der Waals surface area contributed by atoms with Crippen molar-refractivity contribution < 1.29 is 24.0 Å². The maximum Gasteiger partial charge on any atom is 0.242 e. The zero-order chi connectivity index (χ0) is 21.7. The Bertz CT molecular complexity index is 603. The van der Waals surface area contributed by atoms with E-state index in [-0.39, 0.29) is 37.2 Å². The van der Waals surface area contributed by atoms with Crippen LogP contribution in [0.25, 0.3) is 0 Å². The second-order valence-electron chi connectivity index (χ2n) is 6.57. The van der Waals surface area contributed by atoms with Gasteiger partial charge in [0.25, 0.3) is 0 Å². The third-order valence-electron chi connectivity index (χ3n) is 4.15. The Morgan fingerprint density at radius 2 is 1.61 bits per heavy atom. The fourth-order valence-electron chi connectivity index (χ4n) is 2.42. The van der Waals surface area contributed by atoms with Crippen LogP contribution >= 0.6 is 0 Å². The van der Waals surface area contributed by atoms with Gasteiger partial charge in [0.2, 0.25) is 23.6 Å². The van der Waals surface area contributed by atoms with E-state index in [9.17, 15) is 24.0 Å². The minimum atomic E-state index is -0.529. The van der Waals surface area contributed by atoms with Crippen LogP contribution in [0.4, 0.5) is 0 Å². The first kappa shape index (κ1) is 25.3. The van der Waals surface area contributed by atoms with Crippen LogP contribution in [-0.2, 0) is 24.0 Å². The van der Waals surface area contributed by atoms with Crippen molar-refractivity contribution in [1.82, 2.24) is 20.4 Å². The summed E-state index contributed by atoms with van der Waals surface area (Å²) < 4.78 is 0. The van der Waals surface area contributed by atoms with Crippen molar-refractivity contribution in [3.8, 4) is 0 Å². The van der Waals surface area contributed by atoms with Crippen molar-refractivity contribution in [3.63, 3.8) is 0 Å². The molecule has 0 saturated heterocycles. The highest BCUT2D eigenvalue weighted by atomic mass is 16.2. The zero-order valence-corrected chi connectivity index (χ0v) is 17.4. The fraction of sp³-hybridized carbons (Fsp3) is 0.632. The van der Waals surface area contributed by atoms with Gasteiger partial charge in [-0.25, -0.2) is 0 Å². The molecule has 2 N–H and O–H groups in total. The number of hydrogen-bond donors (Lipinski definition) is 2. The van der Waals surface area contributed by atoms with Gasteiger partial charge < -0.3 is 20.4 Å². The van der Waals surface area contributed by atoms with E-state index in [2.05, 4.69) is 10.6 Å². The number of ketones is 1. The predicted octanol–water partition coefficient (Wildman–Crippen LogP) is -0.140. The molecule has 0 bridgehead atoms. The van der Waals surface area contributed by atoms with Crippen molar-refractivity contribution in [3.05, 3.63) is 12.2 Å². The van der Waals surface area contributed by atoms with Crippen LogP contribution in [0, 0.1) is 0 Å². The van der Waals surface area contributed by atoms with Gasteiger partial charge in [-0.15, -0.1) is 0 Å². The molecule has 4 amide bonds. The quantitative estimate of drug-likeness (QED) is 0.352. The third-order valence-corrected chi connectivity index (χ3v) is 4.15. The maximum absolute atomic E-state index is 12.4. The number of nitrogens with zero attached hydrogens (tertiary/aromatic N) is 2. The first-order valence-electron chi connectivity index (χ1n) is 9.22. The molecule has 9 nitrogen and oxygen atoms in total. The van der Waals surface area contributed by atoms with Crippen LogP contribution in [-0.4, -0.2) is 79.0 Å². The second-order valence-corrected chi connectivity index (χ2v) is 6.57. The van der Waals surface area contributed by atoms with Crippen molar-refractivity contribution >= 4 is 29.4 Å². The molecule has 28 heavy (non-hydrogen) atoms. The minimum Gasteiger partial charge on any atom is -0.347 e. The molecule has 0 aromatic carbocycles. The van der Waals surface area contributed by atoms with Crippen molar-refractivity contribution in [1.29, 1.82) is 0 Å². The Balaban J connectivity index is 4.54. The summed E-state index contributed by atoms with van der Waals surface area (Å²) in [6.07, 6.45) is 6.11. The number of carbonyl (C=O) groups excluding carboxylic acids is 5. The van der Waals surface area contributed by atoms with Crippen LogP contribution in [0.3, 0.4) is 0 Å². The van der Waals surface area contributed by atoms with Gasteiger partial charge in [-0.1, -0.05) is 12.2 Å². The summed E-state index contributed by atoms with van der Waals surface area (Å²) in [6, 6.07) is -0.529. The molecular formula is C19H32N4O5. The number of Topliss-reactive ketones (excluding diaryl/α,β-unsaturated/α-hetero) is 1. The largest absolute Gasteiger partial charge is 0.347 e. The zero-order valence-electron chi connectivity index (χ0n) is 17.4. The molecule has 0 saturated carbocycles. The van der Waals surface area contributed by atoms with Crippen LogP contribution in [0.1, 0.15) is 40.0 Å². The van der Waals surface area contributed by atoms with E-state index < -0.39 is 17.9 Å². The van der Waals surface area contributed by atoms with E-state index >= 15 is 0 Å². The Hall–Kier alpha value is -2.71. The van der Waals surface area contributed by atoms with Gasteiger partial charge in [-0.2, -0.15) is 0 Å². The van der Waals surface area contributed by atoms with Gasteiger partial charge in [0, 0.05) is 21.0 Å². The number of likely N-dealkylation sites (N-methyl/N-ethyl adjacent to an activating group) is 2. The Labute approximate surface area is 166 Å². The number of allylic oxidation sites excluding steroid dienone is 2. The van der Waals surface area contributed by atoms with Gasteiger partial charge >= 0.3 is 0 Å². The first-order valence-corrected chi connectivity index (χ1v) is 9.22. The van der Waals surface area contributed by atoms with E-state index in [0.717, 1.165) is 12.8 Å². The summed E-state index contributed by atoms with van der Waals surface area (Å²) in [6.45, 7) is 3.95. The number of unbranched alkanes of at least 4 members (excludes halogenated alkanes) is 1. The molecule has 0 spiro atoms. The normalized spacial score (nSPS) is 11.6. The molecule has 0 aromatic heterocycles. The van der Waals surface area contributed by atoms with Crippen LogP contribution < -0.4 is 10.6 Å². The summed E-state index contributed by atoms with van der Waals surface area (Å²) in [7, 11) is 3.00. The molecule has 1 atom stereocenters.